The van der Waals surface area contributed by atoms with Gasteiger partial charge in [0, 0.05) is 20.1 Å². The zero-order valence-electron chi connectivity index (χ0n) is 14.5. The van der Waals surface area contributed by atoms with Crippen LogP contribution in [0.4, 0.5) is 5.95 Å². The van der Waals surface area contributed by atoms with Gasteiger partial charge in [0.05, 0.1) is 6.54 Å². The maximum absolute atomic E-state index is 12.5. The summed E-state index contributed by atoms with van der Waals surface area (Å²) in [6.07, 6.45) is 2.23. The van der Waals surface area contributed by atoms with Crippen LogP contribution in [0.15, 0.2) is 33.9 Å². The summed E-state index contributed by atoms with van der Waals surface area (Å²) in [5.74, 6) is 0.764. The molecule has 1 aromatic carbocycles. The van der Waals surface area contributed by atoms with Gasteiger partial charge in [-0.3, -0.25) is 18.9 Å². The van der Waals surface area contributed by atoms with Crippen LogP contribution in [0.5, 0.6) is 0 Å². The minimum Gasteiger partial charge on any atom is -0.342 e. The first-order valence-corrected chi connectivity index (χ1v) is 8.54. The molecule has 0 radical (unpaired) electrons. The van der Waals surface area contributed by atoms with Crippen molar-refractivity contribution >= 4 is 17.1 Å². The van der Waals surface area contributed by atoms with E-state index in [0.717, 1.165) is 37.4 Å². The number of benzene rings is 1. The van der Waals surface area contributed by atoms with Crippen molar-refractivity contribution in [3.05, 3.63) is 56.2 Å². The van der Waals surface area contributed by atoms with E-state index in [1.807, 2.05) is 11.5 Å². The first kappa shape index (κ1) is 15.7. The number of rotatable bonds is 3. The van der Waals surface area contributed by atoms with Crippen LogP contribution in [0.25, 0.3) is 11.2 Å². The molecule has 1 N–H and O–H groups in total. The quantitative estimate of drug-likeness (QED) is 0.782. The number of aromatic amines is 1. The molecule has 0 aliphatic carbocycles. The monoisotopic (exact) mass is 339 g/mol. The number of imidazole rings is 1. The van der Waals surface area contributed by atoms with Crippen LogP contribution < -0.4 is 16.1 Å². The van der Waals surface area contributed by atoms with Crippen LogP contribution in [0.3, 0.4) is 0 Å². The normalized spacial score (nSPS) is 14.6. The van der Waals surface area contributed by atoms with Crippen LogP contribution in [-0.4, -0.2) is 32.2 Å². The fourth-order valence-electron chi connectivity index (χ4n) is 3.41. The summed E-state index contributed by atoms with van der Waals surface area (Å²) in [6, 6.07) is 8.24. The van der Waals surface area contributed by atoms with Gasteiger partial charge >= 0.3 is 5.69 Å². The van der Waals surface area contributed by atoms with Gasteiger partial charge in [-0.25, -0.2) is 4.79 Å². The third-order valence-electron chi connectivity index (χ3n) is 4.84. The molecule has 0 saturated carbocycles. The van der Waals surface area contributed by atoms with Gasteiger partial charge in [-0.05, 0) is 25.3 Å². The van der Waals surface area contributed by atoms with Crippen LogP contribution in [-0.2, 0) is 13.6 Å². The molecule has 130 valence electrons. The number of hydrogen-bond acceptors (Lipinski definition) is 4. The molecule has 3 heterocycles. The van der Waals surface area contributed by atoms with Crippen molar-refractivity contribution in [2.75, 3.05) is 18.0 Å². The van der Waals surface area contributed by atoms with Crippen molar-refractivity contribution in [3.8, 4) is 0 Å². The van der Waals surface area contributed by atoms with Crippen molar-refractivity contribution in [3.63, 3.8) is 0 Å². The molecular weight excluding hydrogens is 318 g/mol. The fourth-order valence-corrected chi connectivity index (χ4v) is 3.41. The number of hydrogen-bond donors (Lipinski definition) is 1. The zero-order chi connectivity index (χ0) is 17.6. The Kier molecular flexibility index (Phi) is 3.71. The molecule has 1 aliphatic heterocycles. The van der Waals surface area contributed by atoms with E-state index in [-0.39, 0.29) is 5.56 Å². The Balaban J connectivity index is 1.94. The van der Waals surface area contributed by atoms with Gasteiger partial charge in [-0.2, -0.15) is 4.98 Å². The van der Waals surface area contributed by atoms with Gasteiger partial charge in [-0.15, -0.1) is 0 Å². The molecule has 4 rings (SSSR count). The van der Waals surface area contributed by atoms with Crippen LogP contribution >= 0.6 is 0 Å². The summed E-state index contributed by atoms with van der Waals surface area (Å²) in [5.41, 5.74) is 2.35. The molecule has 0 unspecified atom stereocenters. The van der Waals surface area contributed by atoms with Crippen molar-refractivity contribution in [2.24, 2.45) is 7.05 Å². The van der Waals surface area contributed by atoms with E-state index in [1.54, 1.807) is 7.05 Å². The van der Waals surface area contributed by atoms with Crippen LogP contribution in [0.1, 0.15) is 24.0 Å². The van der Waals surface area contributed by atoms with Crippen molar-refractivity contribution in [1.29, 1.82) is 0 Å². The van der Waals surface area contributed by atoms with Crippen molar-refractivity contribution < 1.29 is 0 Å². The zero-order valence-corrected chi connectivity index (χ0v) is 14.5. The topological polar surface area (TPSA) is 75.9 Å². The van der Waals surface area contributed by atoms with Gasteiger partial charge in [0.2, 0.25) is 5.95 Å². The lowest BCUT2D eigenvalue weighted by molar-refractivity contribution is 0.771. The second-order valence-corrected chi connectivity index (χ2v) is 6.67. The predicted molar refractivity (Wildman–Crippen MR) is 97.3 cm³/mol. The number of fused-ring (bicyclic) bond motifs is 1. The van der Waals surface area contributed by atoms with Gasteiger partial charge in [0.25, 0.3) is 5.56 Å². The minimum atomic E-state index is -0.439. The lowest BCUT2D eigenvalue weighted by atomic mass is 10.1. The molecule has 0 bridgehead atoms. The molecule has 0 atom stereocenters. The van der Waals surface area contributed by atoms with Crippen molar-refractivity contribution in [2.45, 2.75) is 26.3 Å². The Morgan fingerprint density at radius 2 is 1.80 bits per heavy atom. The van der Waals surface area contributed by atoms with E-state index in [9.17, 15) is 9.59 Å². The largest absolute Gasteiger partial charge is 0.342 e. The van der Waals surface area contributed by atoms with Crippen molar-refractivity contribution in [1.82, 2.24) is 19.1 Å². The molecule has 2 aromatic heterocycles. The third kappa shape index (κ3) is 2.65. The standard InChI is InChI=1S/C18H21N5O2/c1-12-5-7-13(8-6-12)11-23-14-15(21(2)18(25)20-16(14)24)19-17(23)22-9-3-4-10-22/h5-8H,3-4,9-11H2,1-2H3,(H,20,24,25). The highest BCUT2D eigenvalue weighted by molar-refractivity contribution is 5.74. The molecule has 0 spiro atoms. The maximum Gasteiger partial charge on any atom is 0.329 e. The summed E-state index contributed by atoms with van der Waals surface area (Å²) in [7, 11) is 1.64. The minimum absolute atomic E-state index is 0.386. The molecular formula is C18H21N5O2. The average molecular weight is 339 g/mol. The molecule has 7 heteroatoms. The summed E-state index contributed by atoms with van der Waals surface area (Å²) in [4.78, 5) is 33.7. The number of nitrogens with zero attached hydrogens (tertiary/aromatic N) is 4. The van der Waals surface area contributed by atoms with E-state index < -0.39 is 5.69 Å². The first-order chi connectivity index (χ1) is 12.0. The average Bonchev–Trinajstić information content (AvgIpc) is 3.23. The van der Waals surface area contributed by atoms with Gasteiger partial charge in [-0.1, -0.05) is 29.8 Å². The molecule has 3 aromatic rings. The molecule has 0 amide bonds. The fraction of sp³-hybridized carbons (Fsp3) is 0.389. The summed E-state index contributed by atoms with van der Waals surface area (Å²) >= 11 is 0. The highest BCUT2D eigenvalue weighted by Crippen LogP contribution is 2.24. The van der Waals surface area contributed by atoms with E-state index in [4.69, 9.17) is 0 Å². The highest BCUT2D eigenvalue weighted by Gasteiger charge is 2.23. The number of anilines is 1. The van der Waals surface area contributed by atoms with Crippen LogP contribution in [0, 0.1) is 6.92 Å². The highest BCUT2D eigenvalue weighted by atomic mass is 16.2. The smallest absolute Gasteiger partial charge is 0.329 e. The number of aromatic nitrogens is 4. The second-order valence-electron chi connectivity index (χ2n) is 6.67. The summed E-state index contributed by atoms with van der Waals surface area (Å²) < 4.78 is 3.34. The SMILES string of the molecule is Cc1ccc(Cn2c(N3CCCC3)nc3c2c(=O)[nH]c(=O)n3C)cc1. The lowest BCUT2D eigenvalue weighted by Gasteiger charge is -2.18. The van der Waals surface area contributed by atoms with Gasteiger partial charge in [0.1, 0.15) is 0 Å². The molecule has 7 nitrogen and oxygen atoms in total. The molecule has 1 aliphatic rings. The Hall–Kier alpha value is -2.83. The molecule has 25 heavy (non-hydrogen) atoms. The van der Waals surface area contributed by atoms with E-state index in [0.29, 0.717) is 17.7 Å². The lowest BCUT2D eigenvalue weighted by Crippen LogP contribution is -2.29. The summed E-state index contributed by atoms with van der Waals surface area (Å²) in [5, 5.41) is 0. The molecule has 1 saturated heterocycles. The Morgan fingerprint density at radius 3 is 2.48 bits per heavy atom. The molecule has 1 fully saturated rings. The van der Waals surface area contributed by atoms with E-state index >= 15 is 0 Å². The third-order valence-corrected chi connectivity index (χ3v) is 4.84. The Labute approximate surface area is 144 Å². The van der Waals surface area contributed by atoms with Gasteiger partial charge in [0.15, 0.2) is 11.2 Å². The number of H-pyrrole nitrogens is 1. The van der Waals surface area contributed by atoms with Gasteiger partial charge < -0.3 is 4.90 Å². The maximum atomic E-state index is 12.5. The second kappa shape index (κ2) is 5.91. The van der Waals surface area contributed by atoms with Crippen LogP contribution in [0.2, 0.25) is 0 Å². The summed E-state index contributed by atoms with van der Waals surface area (Å²) in [6.45, 7) is 4.43. The number of nitrogens with one attached hydrogen (secondary N) is 1. The number of aryl methyl sites for hydroxylation is 2. The Bertz CT molecular complexity index is 1040. The Morgan fingerprint density at radius 1 is 1.12 bits per heavy atom. The first-order valence-electron chi connectivity index (χ1n) is 8.54. The van der Waals surface area contributed by atoms with E-state index in [2.05, 4.69) is 39.1 Å². The van der Waals surface area contributed by atoms with E-state index in [1.165, 1.54) is 10.1 Å². The predicted octanol–water partition coefficient (Wildman–Crippen LogP) is 1.38.